The zero-order chi connectivity index (χ0) is 37.6. The van der Waals surface area contributed by atoms with Crippen LogP contribution in [-0.2, 0) is 16.3 Å². The number of alkyl halides is 3. The van der Waals surface area contributed by atoms with Crippen LogP contribution in [0.4, 0.5) is 33.7 Å². The van der Waals surface area contributed by atoms with Crippen molar-refractivity contribution in [2.24, 2.45) is 5.92 Å². The number of nitrogens with one attached hydrogen (secondary N) is 2. The van der Waals surface area contributed by atoms with Crippen molar-refractivity contribution >= 4 is 43.2 Å². The van der Waals surface area contributed by atoms with Crippen molar-refractivity contribution in [3.63, 3.8) is 0 Å². The smallest absolute Gasteiger partial charge is 0.406 e. The number of aromatic nitrogens is 4. The van der Waals surface area contributed by atoms with E-state index in [0.717, 1.165) is 10.4 Å². The second-order valence-electron chi connectivity index (χ2n) is 12.5. The first-order valence-corrected chi connectivity index (χ1v) is 18.5. The molecule has 4 N–H and O–H groups in total. The number of aliphatic hydroxyl groups is 2. The van der Waals surface area contributed by atoms with E-state index in [1.807, 2.05) is 13.0 Å². The van der Waals surface area contributed by atoms with Gasteiger partial charge in [-0.1, -0.05) is 19.1 Å². The number of aryl methyl sites for hydroxylation is 2. The van der Waals surface area contributed by atoms with E-state index < -0.39 is 62.3 Å². The summed E-state index contributed by atoms with van der Waals surface area (Å²) in [6, 6.07) is 8.46. The summed E-state index contributed by atoms with van der Waals surface area (Å²) in [4.78, 5) is 17.9. The first-order chi connectivity index (χ1) is 24.4. The Labute approximate surface area is 298 Å². The van der Waals surface area contributed by atoms with Crippen molar-refractivity contribution in [2.75, 3.05) is 16.4 Å². The van der Waals surface area contributed by atoms with Gasteiger partial charge in [-0.3, -0.25) is 4.98 Å². The molecule has 1 saturated carbocycles. The number of thiazole rings is 1. The number of pyridine rings is 1. The highest BCUT2D eigenvalue weighted by Gasteiger charge is 2.49. The van der Waals surface area contributed by atoms with Gasteiger partial charge in [0.1, 0.15) is 39.8 Å². The Hall–Kier alpha value is -4.52. The Morgan fingerprint density at radius 1 is 1.08 bits per heavy atom. The Kier molecular flexibility index (Phi) is 10.1. The second kappa shape index (κ2) is 14.1. The zero-order valence-corrected chi connectivity index (χ0v) is 29.5. The minimum absolute atomic E-state index is 0.0317. The first kappa shape index (κ1) is 37.2. The summed E-state index contributed by atoms with van der Waals surface area (Å²) in [7, 11) is -4.27. The van der Waals surface area contributed by atoms with E-state index in [2.05, 4.69) is 30.3 Å². The van der Waals surface area contributed by atoms with Gasteiger partial charge >= 0.3 is 6.36 Å². The van der Waals surface area contributed by atoms with E-state index >= 15 is 0 Å². The summed E-state index contributed by atoms with van der Waals surface area (Å²) >= 11 is 1.33. The molecule has 2 aromatic carbocycles. The maximum absolute atomic E-state index is 13.8. The molecule has 0 bridgehead atoms. The summed E-state index contributed by atoms with van der Waals surface area (Å²) in [6.07, 6.45) is -4.31. The van der Waals surface area contributed by atoms with Crippen molar-refractivity contribution in [3.05, 3.63) is 83.3 Å². The van der Waals surface area contributed by atoms with Crippen LogP contribution in [0.15, 0.2) is 59.6 Å². The molecule has 276 valence electrons. The van der Waals surface area contributed by atoms with Gasteiger partial charge in [0.15, 0.2) is 15.6 Å². The number of benzene rings is 2. The molecule has 0 unspecified atom stereocenters. The number of rotatable bonds is 11. The molecule has 18 heteroatoms. The summed E-state index contributed by atoms with van der Waals surface area (Å²) in [5.41, 5.74) is 0.706. The van der Waals surface area contributed by atoms with E-state index in [9.17, 15) is 40.6 Å². The number of aliphatic hydroxyl groups excluding tert-OH is 1. The van der Waals surface area contributed by atoms with Crippen LogP contribution in [0.5, 0.6) is 5.75 Å². The zero-order valence-electron chi connectivity index (χ0n) is 27.9. The Bertz CT molecular complexity index is 2200. The average molecular weight is 765 g/mol. The van der Waals surface area contributed by atoms with Gasteiger partial charge in [0.25, 0.3) is 0 Å². The molecule has 52 heavy (non-hydrogen) atoms. The molecule has 0 radical (unpaired) electrons. The number of sulfone groups is 1. The highest BCUT2D eigenvalue weighted by atomic mass is 32.2. The van der Waals surface area contributed by atoms with E-state index in [1.165, 1.54) is 35.6 Å². The fourth-order valence-electron chi connectivity index (χ4n) is 6.20. The molecule has 6 rings (SSSR count). The number of hydrogen-bond acceptors (Lipinski definition) is 12. The molecule has 1 aliphatic carbocycles. The maximum Gasteiger partial charge on any atom is 0.573 e. The molecule has 1 fully saturated rings. The highest BCUT2D eigenvalue weighted by Crippen LogP contribution is 2.42. The van der Waals surface area contributed by atoms with Crippen molar-refractivity contribution < 1.29 is 45.3 Å². The molecule has 0 amide bonds. The maximum atomic E-state index is 13.8. The molecule has 11 nitrogen and oxygen atoms in total. The lowest BCUT2D eigenvalue weighted by atomic mass is 10.0. The normalized spacial score (nSPS) is 19.9. The van der Waals surface area contributed by atoms with Crippen molar-refractivity contribution in [3.8, 4) is 16.3 Å². The molecular formula is C34H33F5N6O5S2. The number of fused-ring (bicyclic) bond motifs is 1. The van der Waals surface area contributed by atoms with Crippen LogP contribution in [0.2, 0.25) is 0 Å². The molecule has 4 atom stereocenters. The van der Waals surface area contributed by atoms with Crippen LogP contribution < -0.4 is 15.4 Å². The van der Waals surface area contributed by atoms with E-state index in [4.69, 9.17) is 4.98 Å². The lowest BCUT2D eigenvalue weighted by molar-refractivity contribution is -0.274. The number of anilines is 2. The molecule has 3 heterocycles. The van der Waals surface area contributed by atoms with Crippen LogP contribution in [0, 0.1) is 24.5 Å². The predicted molar refractivity (Wildman–Crippen MR) is 183 cm³/mol. The predicted octanol–water partition coefficient (Wildman–Crippen LogP) is 6.71. The van der Waals surface area contributed by atoms with Gasteiger partial charge in [-0.2, -0.15) is 4.98 Å². The largest absolute Gasteiger partial charge is 0.573 e. The summed E-state index contributed by atoms with van der Waals surface area (Å²) in [6.45, 7) is 5.37. The minimum Gasteiger partial charge on any atom is -0.406 e. The van der Waals surface area contributed by atoms with Gasteiger partial charge in [-0.05, 0) is 69.0 Å². The van der Waals surface area contributed by atoms with Crippen LogP contribution >= 0.6 is 11.3 Å². The number of ether oxygens (including phenoxy) is 1. The average Bonchev–Trinajstić information content (AvgIpc) is 3.60. The van der Waals surface area contributed by atoms with Crippen molar-refractivity contribution in [1.29, 1.82) is 0 Å². The van der Waals surface area contributed by atoms with Crippen LogP contribution in [-0.4, -0.2) is 62.5 Å². The molecule has 0 spiro atoms. The highest BCUT2D eigenvalue weighted by molar-refractivity contribution is 7.91. The monoisotopic (exact) mass is 764 g/mol. The lowest BCUT2D eigenvalue weighted by Crippen LogP contribution is -2.48. The number of nitrogens with zero attached hydrogens (tertiary/aromatic N) is 4. The minimum atomic E-state index is -4.84. The summed E-state index contributed by atoms with van der Waals surface area (Å²) in [5, 5.41) is 29.7. The third kappa shape index (κ3) is 7.94. The van der Waals surface area contributed by atoms with E-state index in [-0.39, 0.29) is 30.4 Å². The SMILES string of the molecule is CCc1nccc2sc(-c3c(C)nc(N[C@H](C)c4ccc(OC(F)(F)F)cc4)nc3N[C@@]3(O)CC[C@H](CS(=O)(=O)c4cc(F)cc(F)c4)[C@H]3O)nc12. The fourth-order valence-corrected chi connectivity index (χ4v) is 8.97. The quantitative estimate of drug-likeness (QED) is 0.0836. The van der Waals surface area contributed by atoms with E-state index in [0.29, 0.717) is 52.0 Å². The first-order valence-electron chi connectivity index (χ1n) is 16.1. The lowest BCUT2D eigenvalue weighted by Gasteiger charge is -2.31. The second-order valence-corrected chi connectivity index (χ2v) is 15.6. The molecular weight excluding hydrogens is 732 g/mol. The Morgan fingerprint density at radius 3 is 2.42 bits per heavy atom. The third-order valence-electron chi connectivity index (χ3n) is 8.78. The Morgan fingerprint density at radius 2 is 1.77 bits per heavy atom. The third-order valence-corrected chi connectivity index (χ3v) is 11.6. The fraction of sp³-hybridized carbons (Fsp3) is 0.353. The number of hydrogen-bond donors (Lipinski definition) is 4. The van der Waals surface area contributed by atoms with Gasteiger partial charge in [0.2, 0.25) is 5.95 Å². The van der Waals surface area contributed by atoms with Crippen LogP contribution in [0.1, 0.15) is 49.7 Å². The molecule has 1 aliphatic rings. The van der Waals surface area contributed by atoms with Gasteiger partial charge in [0, 0.05) is 18.2 Å². The van der Waals surface area contributed by atoms with Gasteiger partial charge in [-0.25, -0.2) is 27.2 Å². The standard InChI is InChI=1S/C34H33F5N6O5S2/c1-4-25-28-26(10-12-40-25)51-31(43-28)27-18(3)42-32(41-17(2)19-5-7-23(8-6-19)50-34(37,38)39)44-30(27)45-33(47)11-9-20(29(33)46)16-52(48,49)24-14-21(35)13-22(36)15-24/h5-8,10,12-15,17,20,29,46-47H,4,9,11,16H2,1-3H3,(H2,41,42,44,45)/t17-,20-,29-,33-/m1/s1. The molecule has 0 aliphatic heterocycles. The summed E-state index contributed by atoms with van der Waals surface area (Å²) in [5.74, 6) is -4.13. The summed E-state index contributed by atoms with van der Waals surface area (Å²) < 4.78 is 96.7. The van der Waals surface area contributed by atoms with Crippen molar-refractivity contribution in [1.82, 2.24) is 19.9 Å². The molecule has 3 aromatic heterocycles. The topological polar surface area (TPSA) is 159 Å². The molecule has 0 saturated heterocycles. The van der Waals surface area contributed by atoms with Gasteiger partial charge < -0.3 is 25.6 Å². The van der Waals surface area contributed by atoms with Crippen molar-refractivity contribution in [2.45, 2.75) is 69.2 Å². The van der Waals surface area contributed by atoms with E-state index in [1.54, 1.807) is 20.0 Å². The van der Waals surface area contributed by atoms with Crippen LogP contribution in [0.3, 0.4) is 0 Å². The Balaban J connectivity index is 1.33. The van der Waals surface area contributed by atoms with Crippen LogP contribution in [0.25, 0.3) is 20.8 Å². The molecule has 5 aromatic rings. The number of halogens is 5. The van der Waals surface area contributed by atoms with Gasteiger partial charge in [0.05, 0.1) is 38.3 Å². The van der Waals surface area contributed by atoms with Gasteiger partial charge in [-0.15, -0.1) is 24.5 Å².